The Hall–Kier alpha value is -2.74. The van der Waals surface area contributed by atoms with Gasteiger partial charge in [0, 0.05) is 29.2 Å². The molecule has 3 aromatic rings. The van der Waals surface area contributed by atoms with Crippen LogP contribution in [0.2, 0.25) is 5.02 Å². The van der Waals surface area contributed by atoms with Crippen LogP contribution in [0.1, 0.15) is 35.8 Å². The molecule has 1 aliphatic carbocycles. The molecular formula is C17H17ClFN7. The average Bonchev–Trinajstić information content (AvgIpc) is 3.34. The predicted octanol–water partition coefficient (Wildman–Crippen LogP) is 3.93. The highest BCUT2D eigenvalue weighted by atomic mass is 35.5. The summed E-state index contributed by atoms with van der Waals surface area (Å²) in [7, 11) is 0. The van der Waals surface area contributed by atoms with Crippen molar-refractivity contribution < 1.29 is 4.39 Å². The van der Waals surface area contributed by atoms with E-state index in [0.29, 0.717) is 41.0 Å². The molecule has 1 saturated carbocycles. The van der Waals surface area contributed by atoms with E-state index in [1.807, 2.05) is 6.07 Å². The summed E-state index contributed by atoms with van der Waals surface area (Å²) in [6.45, 7) is 2.15. The fraction of sp³-hybridized carbons (Fsp3) is 0.294. The van der Waals surface area contributed by atoms with E-state index in [0.717, 1.165) is 11.3 Å². The number of benzene rings is 1. The second kappa shape index (κ2) is 6.87. The Morgan fingerprint density at radius 2 is 2.00 bits per heavy atom. The van der Waals surface area contributed by atoms with E-state index in [-0.39, 0.29) is 5.82 Å². The third-order valence-electron chi connectivity index (χ3n) is 4.05. The lowest BCUT2D eigenvalue weighted by atomic mass is 10.2. The van der Waals surface area contributed by atoms with Crippen molar-refractivity contribution in [3.63, 3.8) is 0 Å². The Balaban J connectivity index is 1.46. The average molecular weight is 374 g/mol. The van der Waals surface area contributed by atoms with E-state index < -0.39 is 0 Å². The van der Waals surface area contributed by atoms with Crippen molar-refractivity contribution in [2.45, 2.75) is 32.2 Å². The van der Waals surface area contributed by atoms with Gasteiger partial charge in [0.2, 0.25) is 11.9 Å². The smallest absolute Gasteiger partial charge is 0.233 e. The molecule has 1 aromatic carbocycles. The number of halogens is 2. The van der Waals surface area contributed by atoms with Gasteiger partial charge < -0.3 is 10.6 Å². The first-order valence-corrected chi connectivity index (χ1v) is 8.67. The second-order valence-electron chi connectivity index (χ2n) is 6.23. The minimum absolute atomic E-state index is 0.353. The van der Waals surface area contributed by atoms with Crippen LogP contribution in [-0.2, 0) is 6.54 Å². The third-order valence-corrected chi connectivity index (χ3v) is 4.41. The minimum Gasteiger partial charge on any atom is -0.350 e. The molecule has 0 amide bonds. The quantitative estimate of drug-likeness (QED) is 0.606. The molecule has 0 atom stereocenters. The van der Waals surface area contributed by atoms with Gasteiger partial charge in [0.05, 0.1) is 0 Å². The van der Waals surface area contributed by atoms with E-state index in [9.17, 15) is 4.39 Å². The lowest BCUT2D eigenvalue weighted by molar-refractivity contribution is 0.627. The zero-order chi connectivity index (χ0) is 18.1. The predicted molar refractivity (Wildman–Crippen MR) is 97.1 cm³/mol. The SMILES string of the molecule is Cc1nc(NCc2ccc(F)cc2Cl)nc(Nc2cc(C3CC3)[nH]n2)n1. The number of rotatable bonds is 6. The number of H-pyrrole nitrogens is 1. The summed E-state index contributed by atoms with van der Waals surface area (Å²) in [5, 5.41) is 13.8. The second-order valence-corrected chi connectivity index (χ2v) is 6.63. The van der Waals surface area contributed by atoms with Crippen LogP contribution >= 0.6 is 11.6 Å². The van der Waals surface area contributed by atoms with Crippen LogP contribution in [0.5, 0.6) is 0 Å². The summed E-state index contributed by atoms with van der Waals surface area (Å²) in [5.74, 6) is 2.26. The van der Waals surface area contributed by atoms with Crippen molar-refractivity contribution in [3.8, 4) is 0 Å². The fourth-order valence-corrected chi connectivity index (χ4v) is 2.81. The number of hydrogen-bond acceptors (Lipinski definition) is 6. The van der Waals surface area contributed by atoms with Crippen LogP contribution in [0.4, 0.5) is 22.1 Å². The molecule has 2 heterocycles. The molecule has 0 bridgehead atoms. The van der Waals surface area contributed by atoms with E-state index in [4.69, 9.17) is 11.6 Å². The van der Waals surface area contributed by atoms with Crippen LogP contribution < -0.4 is 10.6 Å². The molecule has 0 aliphatic heterocycles. The molecule has 4 rings (SSSR count). The number of aromatic amines is 1. The number of anilines is 3. The fourth-order valence-electron chi connectivity index (χ4n) is 2.57. The molecule has 1 aliphatic rings. The van der Waals surface area contributed by atoms with Crippen LogP contribution in [0.25, 0.3) is 0 Å². The number of aryl methyl sites for hydroxylation is 1. The first kappa shape index (κ1) is 16.7. The van der Waals surface area contributed by atoms with Crippen molar-refractivity contribution in [3.05, 3.63) is 52.2 Å². The van der Waals surface area contributed by atoms with E-state index in [1.54, 1.807) is 13.0 Å². The topological polar surface area (TPSA) is 91.4 Å². The normalized spacial score (nSPS) is 13.7. The van der Waals surface area contributed by atoms with Gasteiger partial charge >= 0.3 is 0 Å². The lowest BCUT2D eigenvalue weighted by Gasteiger charge is -2.09. The number of hydrogen-bond donors (Lipinski definition) is 3. The molecule has 9 heteroatoms. The standard InChI is InChI=1S/C17H17ClFN7/c1-9-21-16(20-8-11-4-5-12(19)6-13(11)18)24-17(22-9)23-15-7-14(25-26-15)10-2-3-10/h4-7,10H,2-3,8H2,1H3,(H3,20,21,22,23,24,25,26). The van der Waals surface area contributed by atoms with E-state index >= 15 is 0 Å². The van der Waals surface area contributed by atoms with Gasteiger partial charge in [-0.1, -0.05) is 17.7 Å². The number of aromatic nitrogens is 5. The Labute approximate surface area is 154 Å². The molecule has 1 fully saturated rings. The Kier molecular flexibility index (Phi) is 4.42. The Morgan fingerprint density at radius 3 is 2.77 bits per heavy atom. The summed E-state index contributed by atoms with van der Waals surface area (Å²) in [6, 6.07) is 6.24. The number of nitrogens with one attached hydrogen (secondary N) is 3. The molecule has 3 N–H and O–H groups in total. The van der Waals surface area contributed by atoms with Crippen molar-refractivity contribution >= 4 is 29.3 Å². The van der Waals surface area contributed by atoms with Crippen LogP contribution in [0.15, 0.2) is 24.3 Å². The molecule has 2 aromatic heterocycles. The molecule has 0 unspecified atom stereocenters. The minimum atomic E-state index is -0.370. The summed E-state index contributed by atoms with van der Waals surface area (Å²) in [6.07, 6.45) is 2.40. The molecule has 0 radical (unpaired) electrons. The van der Waals surface area contributed by atoms with Gasteiger partial charge in [-0.3, -0.25) is 5.10 Å². The maximum Gasteiger partial charge on any atom is 0.233 e. The third kappa shape index (κ3) is 3.91. The Morgan fingerprint density at radius 1 is 1.19 bits per heavy atom. The largest absolute Gasteiger partial charge is 0.350 e. The van der Waals surface area contributed by atoms with Crippen molar-refractivity contribution in [1.82, 2.24) is 25.1 Å². The van der Waals surface area contributed by atoms with Crippen molar-refractivity contribution in [2.75, 3.05) is 10.6 Å². The molecule has 0 saturated heterocycles. The molecule has 26 heavy (non-hydrogen) atoms. The zero-order valence-electron chi connectivity index (χ0n) is 14.1. The summed E-state index contributed by atoms with van der Waals surface area (Å²) < 4.78 is 13.1. The van der Waals surface area contributed by atoms with Gasteiger partial charge in [0.15, 0.2) is 5.82 Å². The van der Waals surface area contributed by atoms with Gasteiger partial charge in [0.1, 0.15) is 11.6 Å². The van der Waals surface area contributed by atoms with Gasteiger partial charge in [-0.15, -0.1) is 0 Å². The van der Waals surface area contributed by atoms with Crippen LogP contribution in [0, 0.1) is 12.7 Å². The monoisotopic (exact) mass is 373 g/mol. The Bertz CT molecular complexity index is 939. The van der Waals surface area contributed by atoms with Gasteiger partial charge in [-0.25, -0.2) is 4.39 Å². The number of nitrogens with zero attached hydrogens (tertiary/aromatic N) is 4. The van der Waals surface area contributed by atoms with Gasteiger partial charge in [0.25, 0.3) is 0 Å². The molecule has 134 valence electrons. The maximum absolute atomic E-state index is 13.1. The van der Waals surface area contributed by atoms with Crippen LogP contribution in [0.3, 0.4) is 0 Å². The highest BCUT2D eigenvalue weighted by Gasteiger charge is 2.25. The van der Waals surface area contributed by atoms with E-state index in [1.165, 1.54) is 25.0 Å². The lowest BCUT2D eigenvalue weighted by Crippen LogP contribution is -2.08. The first-order valence-electron chi connectivity index (χ1n) is 8.29. The zero-order valence-corrected chi connectivity index (χ0v) is 14.8. The summed E-state index contributed by atoms with van der Waals surface area (Å²) in [5.41, 5.74) is 1.88. The first-order chi connectivity index (χ1) is 12.6. The van der Waals surface area contributed by atoms with Gasteiger partial charge in [-0.2, -0.15) is 20.1 Å². The summed E-state index contributed by atoms with van der Waals surface area (Å²) in [4.78, 5) is 12.9. The molecule has 7 nitrogen and oxygen atoms in total. The highest BCUT2D eigenvalue weighted by molar-refractivity contribution is 6.31. The molecular weight excluding hydrogens is 357 g/mol. The van der Waals surface area contributed by atoms with Crippen LogP contribution in [-0.4, -0.2) is 25.1 Å². The van der Waals surface area contributed by atoms with Crippen molar-refractivity contribution in [2.24, 2.45) is 0 Å². The molecule has 0 spiro atoms. The summed E-state index contributed by atoms with van der Waals surface area (Å²) >= 11 is 6.04. The highest BCUT2D eigenvalue weighted by Crippen LogP contribution is 2.39. The van der Waals surface area contributed by atoms with Crippen molar-refractivity contribution in [1.29, 1.82) is 0 Å². The van der Waals surface area contributed by atoms with E-state index in [2.05, 4.69) is 35.8 Å². The maximum atomic E-state index is 13.1. The van der Waals surface area contributed by atoms with Gasteiger partial charge in [-0.05, 0) is 37.5 Å².